The van der Waals surface area contributed by atoms with Gasteiger partial charge < -0.3 is 10.6 Å². The summed E-state index contributed by atoms with van der Waals surface area (Å²) in [6.07, 6.45) is 3.35. The summed E-state index contributed by atoms with van der Waals surface area (Å²) in [6.45, 7) is 2.35. The van der Waals surface area contributed by atoms with Gasteiger partial charge in [0.25, 0.3) is 0 Å². The number of hydrogen-bond acceptors (Lipinski definition) is 3. The Bertz CT molecular complexity index is 883. The number of urea groups is 1. The van der Waals surface area contributed by atoms with Crippen molar-refractivity contribution in [3.8, 4) is 0 Å². The molecule has 2 atom stereocenters. The SMILES string of the molecule is Cc1ccc(S(=O)(=O)NC2CCCCC2NC(=O)NCc2ccccc2)cc1. The van der Waals surface area contributed by atoms with Gasteiger partial charge in [-0.15, -0.1) is 0 Å². The molecular weight excluding hydrogens is 374 g/mol. The summed E-state index contributed by atoms with van der Waals surface area (Å²) in [5.41, 5.74) is 2.02. The van der Waals surface area contributed by atoms with Gasteiger partial charge in [-0.2, -0.15) is 0 Å². The van der Waals surface area contributed by atoms with Crippen LogP contribution in [0.5, 0.6) is 0 Å². The number of aryl methyl sites for hydroxylation is 1. The first-order valence-corrected chi connectivity index (χ1v) is 11.1. The Morgan fingerprint density at radius 2 is 1.61 bits per heavy atom. The van der Waals surface area contributed by atoms with E-state index in [4.69, 9.17) is 0 Å². The van der Waals surface area contributed by atoms with E-state index in [-0.39, 0.29) is 23.0 Å². The van der Waals surface area contributed by atoms with Crippen molar-refractivity contribution in [3.05, 3.63) is 65.7 Å². The monoisotopic (exact) mass is 401 g/mol. The fourth-order valence-corrected chi connectivity index (χ4v) is 4.74. The van der Waals surface area contributed by atoms with Crippen molar-refractivity contribution >= 4 is 16.1 Å². The van der Waals surface area contributed by atoms with Gasteiger partial charge >= 0.3 is 6.03 Å². The summed E-state index contributed by atoms with van der Waals surface area (Å²) in [6, 6.07) is 15.6. The van der Waals surface area contributed by atoms with Crippen LogP contribution >= 0.6 is 0 Å². The molecule has 150 valence electrons. The third-order valence-corrected chi connectivity index (χ3v) is 6.52. The number of carbonyl (C=O) groups is 1. The molecule has 3 N–H and O–H groups in total. The van der Waals surface area contributed by atoms with Crippen LogP contribution in [-0.2, 0) is 16.6 Å². The number of rotatable bonds is 6. The van der Waals surface area contributed by atoms with Crippen LogP contribution in [0.3, 0.4) is 0 Å². The lowest BCUT2D eigenvalue weighted by Gasteiger charge is -2.32. The molecule has 0 spiro atoms. The predicted molar refractivity (Wildman–Crippen MR) is 109 cm³/mol. The summed E-state index contributed by atoms with van der Waals surface area (Å²) in [7, 11) is -3.62. The van der Waals surface area contributed by atoms with Crippen molar-refractivity contribution in [2.75, 3.05) is 0 Å². The van der Waals surface area contributed by atoms with Crippen molar-refractivity contribution in [1.82, 2.24) is 15.4 Å². The minimum Gasteiger partial charge on any atom is -0.334 e. The van der Waals surface area contributed by atoms with Crippen LogP contribution in [0.2, 0.25) is 0 Å². The van der Waals surface area contributed by atoms with Crippen molar-refractivity contribution in [2.45, 2.75) is 56.1 Å². The highest BCUT2D eigenvalue weighted by atomic mass is 32.2. The van der Waals surface area contributed by atoms with Gasteiger partial charge in [-0.1, -0.05) is 60.9 Å². The Kier molecular flexibility index (Phi) is 6.70. The fourth-order valence-electron chi connectivity index (χ4n) is 3.43. The molecule has 0 saturated heterocycles. The largest absolute Gasteiger partial charge is 0.334 e. The second-order valence-electron chi connectivity index (χ2n) is 7.24. The minimum absolute atomic E-state index is 0.232. The van der Waals surface area contributed by atoms with Crippen LogP contribution in [-0.4, -0.2) is 26.5 Å². The third kappa shape index (κ3) is 5.56. The number of nitrogens with one attached hydrogen (secondary N) is 3. The zero-order valence-corrected chi connectivity index (χ0v) is 16.8. The van der Waals surface area contributed by atoms with Crippen molar-refractivity contribution < 1.29 is 13.2 Å². The maximum absolute atomic E-state index is 12.7. The van der Waals surface area contributed by atoms with E-state index in [9.17, 15) is 13.2 Å². The zero-order chi connectivity index (χ0) is 20.0. The lowest BCUT2D eigenvalue weighted by atomic mass is 9.91. The van der Waals surface area contributed by atoms with E-state index >= 15 is 0 Å². The van der Waals surface area contributed by atoms with Gasteiger partial charge in [0.05, 0.1) is 4.90 Å². The highest BCUT2D eigenvalue weighted by Crippen LogP contribution is 2.21. The maximum atomic E-state index is 12.7. The molecular formula is C21H27N3O3S. The van der Waals surface area contributed by atoms with Gasteiger partial charge in [0.15, 0.2) is 0 Å². The summed E-state index contributed by atoms with van der Waals surface area (Å²) in [5, 5.41) is 5.79. The van der Waals surface area contributed by atoms with E-state index in [1.165, 1.54) is 0 Å². The van der Waals surface area contributed by atoms with Crippen molar-refractivity contribution in [2.24, 2.45) is 0 Å². The highest BCUT2D eigenvalue weighted by molar-refractivity contribution is 7.89. The molecule has 6 nitrogen and oxygen atoms in total. The summed E-state index contributed by atoms with van der Waals surface area (Å²) in [4.78, 5) is 12.6. The minimum atomic E-state index is -3.62. The first-order valence-electron chi connectivity index (χ1n) is 9.61. The lowest BCUT2D eigenvalue weighted by Crippen LogP contribution is -2.54. The number of hydrogen-bond donors (Lipinski definition) is 3. The number of benzene rings is 2. The zero-order valence-electron chi connectivity index (χ0n) is 16.0. The number of sulfonamides is 1. The van der Waals surface area contributed by atoms with Crippen LogP contribution in [0, 0.1) is 6.92 Å². The molecule has 0 radical (unpaired) electrons. The van der Waals surface area contributed by atoms with Gasteiger partial charge in [0, 0.05) is 18.6 Å². The summed E-state index contributed by atoms with van der Waals surface area (Å²) >= 11 is 0. The van der Waals surface area contributed by atoms with E-state index in [0.29, 0.717) is 13.0 Å². The summed E-state index contributed by atoms with van der Waals surface area (Å²) in [5.74, 6) is 0. The molecule has 2 aromatic carbocycles. The molecule has 3 rings (SSSR count). The average Bonchev–Trinajstić information content (AvgIpc) is 2.69. The molecule has 1 aliphatic rings. The second-order valence-corrected chi connectivity index (χ2v) is 8.96. The Balaban J connectivity index is 1.60. The quantitative estimate of drug-likeness (QED) is 0.695. The molecule has 2 amide bonds. The van der Waals surface area contributed by atoms with Gasteiger partial charge in [-0.05, 0) is 37.5 Å². The second kappa shape index (κ2) is 9.21. The molecule has 1 fully saturated rings. The average molecular weight is 402 g/mol. The molecule has 0 heterocycles. The van der Waals surface area contributed by atoms with E-state index in [1.807, 2.05) is 37.3 Å². The first kappa shape index (κ1) is 20.4. The van der Waals surface area contributed by atoms with E-state index in [0.717, 1.165) is 30.4 Å². The molecule has 2 aromatic rings. The van der Waals surface area contributed by atoms with E-state index in [1.54, 1.807) is 24.3 Å². The highest BCUT2D eigenvalue weighted by Gasteiger charge is 2.30. The van der Waals surface area contributed by atoms with Gasteiger partial charge in [0.2, 0.25) is 10.0 Å². The van der Waals surface area contributed by atoms with Gasteiger partial charge in [-0.25, -0.2) is 17.9 Å². The molecule has 0 bridgehead atoms. The van der Waals surface area contributed by atoms with Crippen molar-refractivity contribution in [1.29, 1.82) is 0 Å². The van der Waals surface area contributed by atoms with Crippen LogP contribution in [0.4, 0.5) is 4.79 Å². The van der Waals surface area contributed by atoms with E-state index < -0.39 is 10.0 Å². The normalized spacial score (nSPS) is 19.8. The Hall–Kier alpha value is -2.38. The van der Waals surface area contributed by atoms with Crippen LogP contribution < -0.4 is 15.4 Å². The van der Waals surface area contributed by atoms with Crippen LogP contribution in [0.1, 0.15) is 36.8 Å². The van der Waals surface area contributed by atoms with Gasteiger partial charge in [-0.3, -0.25) is 0 Å². The molecule has 7 heteroatoms. The predicted octanol–water partition coefficient (Wildman–Crippen LogP) is 3.08. The molecule has 28 heavy (non-hydrogen) atoms. The number of amides is 2. The molecule has 1 saturated carbocycles. The number of carbonyl (C=O) groups excluding carboxylic acids is 1. The Morgan fingerprint density at radius 1 is 0.964 bits per heavy atom. The van der Waals surface area contributed by atoms with E-state index in [2.05, 4.69) is 15.4 Å². The molecule has 0 aromatic heterocycles. The molecule has 1 aliphatic carbocycles. The maximum Gasteiger partial charge on any atom is 0.315 e. The fraction of sp³-hybridized carbons (Fsp3) is 0.381. The first-order chi connectivity index (χ1) is 13.4. The topological polar surface area (TPSA) is 87.3 Å². The Labute approximate surface area is 166 Å². The third-order valence-electron chi connectivity index (χ3n) is 5.02. The van der Waals surface area contributed by atoms with Crippen LogP contribution in [0.15, 0.2) is 59.5 Å². The standard InChI is InChI=1S/C21H27N3O3S/c1-16-11-13-18(14-12-16)28(26,27)24-20-10-6-5-9-19(20)23-21(25)22-15-17-7-3-2-4-8-17/h2-4,7-8,11-14,19-20,24H,5-6,9-10,15H2,1H3,(H2,22,23,25). The van der Waals surface area contributed by atoms with Gasteiger partial charge in [0.1, 0.15) is 0 Å². The van der Waals surface area contributed by atoms with Crippen LogP contribution in [0.25, 0.3) is 0 Å². The molecule has 2 unspecified atom stereocenters. The molecule has 0 aliphatic heterocycles. The lowest BCUT2D eigenvalue weighted by molar-refractivity contribution is 0.227. The summed E-state index contributed by atoms with van der Waals surface area (Å²) < 4.78 is 28.2. The Morgan fingerprint density at radius 3 is 2.29 bits per heavy atom. The van der Waals surface area contributed by atoms with Crippen molar-refractivity contribution in [3.63, 3.8) is 0 Å². The smallest absolute Gasteiger partial charge is 0.315 e.